The fourth-order valence-electron chi connectivity index (χ4n) is 2.45. The maximum absolute atomic E-state index is 12.9. The topological polar surface area (TPSA) is 87.7 Å². The van der Waals surface area contributed by atoms with Gasteiger partial charge in [-0.15, -0.1) is 0 Å². The molecule has 29 heavy (non-hydrogen) atoms. The minimum Gasteiger partial charge on any atom is -0.459 e. The van der Waals surface area contributed by atoms with Crippen LogP contribution in [0.5, 0.6) is 0 Å². The lowest BCUT2D eigenvalue weighted by Crippen LogP contribution is -2.36. The van der Waals surface area contributed by atoms with Gasteiger partial charge in [-0.05, 0) is 69.4 Å². The molecular weight excluding hydrogens is 377 g/mol. The molecule has 7 nitrogen and oxygen atoms in total. The quantitative estimate of drug-likeness (QED) is 0.664. The first-order chi connectivity index (χ1) is 13.7. The Morgan fingerprint density at radius 3 is 1.79 bits per heavy atom. The first-order valence-corrected chi connectivity index (χ1v) is 9.08. The zero-order chi connectivity index (χ0) is 21.4. The molecule has 154 valence electrons. The van der Waals surface area contributed by atoms with Gasteiger partial charge in [0.05, 0.1) is 24.8 Å². The van der Waals surface area contributed by atoms with E-state index in [0.717, 1.165) is 0 Å². The fraction of sp³-hybridized carbons (Fsp3) is 0.286. The molecule has 2 rings (SSSR count). The highest BCUT2D eigenvalue weighted by Gasteiger charge is 2.13. The van der Waals surface area contributed by atoms with Crippen LogP contribution in [0.1, 0.15) is 24.2 Å². The van der Waals surface area contributed by atoms with Crippen molar-refractivity contribution in [3.8, 4) is 0 Å². The van der Waals surface area contributed by atoms with Crippen LogP contribution in [-0.2, 0) is 14.3 Å². The van der Waals surface area contributed by atoms with Crippen molar-refractivity contribution in [2.24, 2.45) is 0 Å². The van der Waals surface area contributed by atoms with Crippen LogP contribution in [-0.4, -0.2) is 48.9 Å². The van der Waals surface area contributed by atoms with Gasteiger partial charge in [0.1, 0.15) is 5.82 Å². The van der Waals surface area contributed by atoms with E-state index in [1.807, 2.05) is 0 Å². The lowest BCUT2D eigenvalue weighted by Gasteiger charge is -2.16. The normalized spacial score (nSPS) is 10.7. The molecule has 2 aromatic carbocycles. The molecule has 0 saturated carbocycles. The molecule has 0 saturated heterocycles. The van der Waals surface area contributed by atoms with Gasteiger partial charge in [-0.2, -0.15) is 0 Å². The molecule has 0 aliphatic rings. The van der Waals surface area contributed by atoms with Gasteiger partial charge in [-0.1, -0.05) is 0 Å². The molecule has 0 aliphatic heterocycles. The second kappa shape index (κ2) is 10.3. The summed E-state index contributed by atoms with van der Waals surface area (Å²) in [6.45, 7) is 3.52. The van der Waals surface area contributed by atoms with Gasteiger partial charge >= 0.3 is 5.97 Å². The number of hydrogen-bond acceptors (Lipinski definition) is 5. The number of nitrogens with zero attached hydrogens (tertiary/aromatic N) is 1. The zero-order valence-corrected chi connectivity index (χ0v) is 16.6. The van der Waals surface area contributed by atoms with E-state index in [-0.39, 0.29) is 36.8 Å². The maximum Gasteiger partial charge on any atom is 0.338 e. The minimum absolute atomic E-state index is 0.00597. The van der Waals surface area contributed by atoms with E-state index < -0.39 is 5.97 Å². The van der Waals surface area contributed by atoms with Crippen LogP contribution in [0.3, 0.4) is 0 Å². The van der Waals surface area contributed by atoms with Gasteiger partial charge in [0.2, 0.25) is 11.8 Å². The third-order valence-corrected chi connectivity index (χ3v) is 3.70. The number of esters is 1. The van der Waals surface area contributed by atoms with E-state index in [4.69, 9.17) is 4.74 Å². The van der Waals surface area contributed by atoms with E-state index in [1.54, 1.807) is 50.1 Å². The van der Waals surface area contributed by atoms with Crippen molar-refractivity contribution in [3.05, 3.63) is 59.9 Å². The van der Waals surface area contributed by atoms with Crippen molar-refractivity contribution in [1.82, 2.24) is 4.90 Å². The summed E-state index contributed by atoms with van der Waals surface area (Å²) in [6.07, 6.45) is -0.210. The maximum atomic E-state index is 12.9. The third kappa shape index (κ3) is 7.71. The lowest BCUT2D eigenvalue weighted by atomic mass is 10.2. The molecule has 0 spiro atoms. The number of likely N-dealkylation sites (N-methyl/N-ethyl adjacent to an activating group) is 1. The molecule has 0 aliphatic carbocycles. The fourth-order valence-corrected chi connectivity index (χ4v) is 2.45. The van der Waals surface area contributed by atoms with Crippen LogP contribution in [0.2, 0.25) is 0 Å². The smallest absolute Gasteiger partial charge is 0.338 e. The van der Waals surface area contributed by atoms with Crippen molar-refractivity contribution in [2.75, 3.05) is 30.8 Å². The lowest BCUT2D eigenvalue weighted by molar-refractivity contribution is -0.119. The highest BCUT2D eigenvalue weighted by Crippen LogP contribution is 2.12. The van der Waals surface area contributed by atoms with Gasteiger partial charge in [-0.25, -0.2) is 9.18 Å². The number of anilines is 2. The summed E-state index contributed by atoms with van der Waals surface area (Å²) in [5.41, 5.74) is 1.40. The molecule has 0 fully saturated rings. The Labute approximate surface area is 168 Å². The molecule has 0 atom stereocenters. The van der Waals surface area contributed by atoms with E-state index >= 15 is 0 Å². The van der Waals surface area contributed by atoms with Crippen molar-refractivity contribution in [3.63, 3.8) is 0 Å². The molecular formula is C21H24FN3O4. The Morgan fingerprint density at radius 2 is 1.34 bits per heavy atom. The predicted octanol–water partition coefficient (Wildman–Crippen LogP) is 2.90. The second-order valence-corrected chi connectivity index (χ2v) is 6.81. The van der Waals surface area contributed by atoms with E-state index in [9.17, 15) is 18.8 Å². The molecule has 0 unspecified atom stereocenters. The largest absolute Gasteiger partial charge is 0.459 e. The van der Waals surface area contributed by atoms with Gasteiger partial charge < -0.3 is 15.4 Å². The molecule has 8 heteroatoms. The Morgan fingerprint density at radius 1 is 0.897 bits per heavy atom. The SMILES string of the molecule is CC(C)OC(=O)c1ccc(NC(=O)CN(C)CC(=O)Nc2ccc(F)cc2)cc1. The molecule has 0 heterocycles. The molecule has 2 N–H and O–H groups in total. The Balaban J connectivity index is 1.79. The highest BCUT2D eigenvalue weighted by molar-refractivity contribution is 5.95. The number of rotatable bonds is 8. The summed E-state index contributed by atoms with van der Waals surface area (Å²) in [4.78, 5) is 37.5. The summed E-state index contributed by atoms with van der Waals surface area (Å²) in [7, 11) is 1.63. The van der Waals surface area contributed by atoms with Crippen molar-refractivity contribution in [1.29, 1.82) is 0 Å². The van der Waals surface area contributed by atoms with Crippen LogP contribution in [0.25, 0.3) is 0 Å². The molecule has 2 aromatic rings. The van der Waals surface area contributed by atoms with Crippen LogP contribution >= 0.6 is 0 Å². The van der Waals surface area contributed by atoms with Crippen LogP contribution < -0.4 is 10.6 Å². The van der Waals surface area contributed by atoms with E-state index in [2.05, 4.69) is 10.6 Å². The van der Waals surface area contributed by atoms with E-state index in [0.29, 0.717) is 16.9 Å². The van der Waals surface area contributed by atoms with E-state index in [1.165, 1.54) is 24.3 Å². The summed E-state index contributed by atoms with van der Waals surface area (Å²) >= 11 is 0. The number of amides is 2. The Kier molecular flexibility index (Phi) is 7.85. The average molecular weight is 401 g/mol. The summed E-state index contributed by atoms with van der Waals surface area (Å²) in [5.74, 6) is -1.44. The second-order valence-electron chi connectivity index (χ2n) is 6.81. The number of nitrogens with one attached hydrogen (secondary N) is 2. The molecule has 0 radical (unpaired) electrons. The van der Waals surface area contributed by atoms with Crippen molar-refractivity contribution >= 4 is 29.2 Å². The van der Waals surface area contributed by atoms with Gasteiger partial charge in [0, 0.05) is 11.4 Å². The first kappa shape index (κ1) is 22.0. The summed E-state index contributed by atoms with van der Waals surface area (Å²) in [5, 5.41) is 5.33. The highest BCUT2D eigenvalue weighted by atomic mass is 19.1. The average Bonchev–Trinajstić information content (AvgIpc) is 2.63. The van der Waals surface area contributed by atoms with Crippen molar-refractivity contribution < 1.29 is 23.5 Å². The standard InChI is InChI=1S/C21H24FN3O4/c1-14(2)29-21(28)15-4-8-17(9-5-15)23-19(26)12-25(3)13-20(27)24-18-10-6-16(22)7-11-18/h4-11,14H,12-13H2,1-3H3,(H,23,26)(H,24,27). The Bertz CT molecular complexity index is 851. The Hall–Kier alpha value is -3.26. The molecule has 0 bridgehead atoms. The predicted molar refractivity (Wildman–Crippen MR) is 108 cm³/mol. The van der Waals surface area contributed by atoms with Gasteiger partial charge in [0.25, 0.3) is 0 Å². The number of carbonyl (C=O) groups is 3. The van der Waals surface area contributed by atoms with Crippen LogP contribution in [0.4, 0.5) is 15.8 Å². The van der Waals surface area contributed by atoms with Crippen LogP contribution in [0.15, 0.2) is 48.5 Å². The minimum atomic E-state index is -0.426. The monoisotopic (exact) mass is 401 g/mol. The molecule has 0 aromatic heterocycles. The third-order valence-electron chi connectivity index (χ3n) is 3.70. The number of carbonyl (C=O) groups excluding carboxylic acids is 3. The molecule has 2 amide bonds. The number of ether oxygens (including phenoxy) is 1. The zero-order valence-electron chi connectivity index (χ0n) is 16.6. The number of benzene rings is 2. The van der Waals surface area contributed by atoms with Gasteiger partial charge in [0.15, 0.2) is 0 Å². The summed E-state index contributed by atoms with van der Waals surface area (Å²) < 4.78 is 18.0. The first-order valence-electron chi connectivity index (χ1n) is 9.08. The number of halogens is 1. The van der Waals surface area contributed by atoms with Crippen molar-refractivity contribution in [2.45, 2.75) is 20.0 Å². The number of hydrogen-bond donors (Lipinski definition) is 2. The van der Waals surface area contributed by atoms with Crippen LogP contribution in [0, 0.1) is 5.82 Å². The summed E-state index contributed by atoms with van der Waals surface area (Å²) in [6, 6.07) is 11.8. The van der Waals surface area contributed by atoms with Gasteiger partial charge in [-0.3, -0.25) is 14.5 Å².